The molecule has 0 saturated heterocycles. The Morgan fingerprint density at radius 3 is 3.04 bits per heavy atom. The molecule has 1 aromatic carbocycles. The lowest BCUT2D eigenvalue weighted by molar-refractivity contribution is -0.128. The molecule has 1 atom stereocenters. The molecule has 0 saturated carbocycles. The van der Waals surface area contributed by atoms with Gasteiger partial charge < -0.3 is 15.4 Å². The lowest BCUT2D eigenvalue weighted by atomic mass is 10.2. The van der Waals surface area contributed by atoms with Crippen LogP contribution in [0, 0.1) is 0 Å². The maximum Gasteiger partial charge on any atom is 0.338 e. The van der Waals surface area contributed by atoms with Crippen LogP contribution in [0.3, 0.4) is 0 Å². The van der Waals surface area contributed by atoms with E-state index in [1.165, 1.54) is 6.92 Å². The van der Waals surface area contributed by atoms with Gasteiger partial charge in [-0.05, 0) is 25.1 Å². The highest BCUT2D eigenvalue weighted by atomic mass is 32.2. The van der Waals surface area contributed by atoms with E-state index in [9.17, 15) is 14.4 Å². The molecule has 2 N–H and O–H groups in total. The van der Waals surface area contributed by atoms with Crippen molar-refractivity contribution in [3.05, 3.63) is 36.4 Å². The standard InChI is InChI=1S/C16H18N2O4S/c1-3-7-17-15(20)10(2)22-16(21)11-4-5-13-12(9-11)18-14(19)6-8-23-13/h3-5,9-10H,1,6-8H2,2H3,(H,17,20)(H,18,19)/t10-/m0/s1. The first-order valence-corrected chi connectivity index (χ1v) is 8.16. The molecule has 1 aliphatic rings. The monoisotopic (exact) mass is 334 g/mol. The maximum atomic E-state index is 12.1. The van der Waals surface area contributed by atoms with Gasteiger partial charge in [0.1, 0.15) is 0 Å². The third-order valence-electron chi connectivity index (χ3n) is 3.15. The minimum atomic E-state index is -0.912. The molecule has 0 aliphatic carbocycles. The molecule has 23 heavy (non-hydrogen) atoms. The molecule has 0 aromatic heterocycles. The highest BCUT2D eigenvalue weighted by Gasteiger charge is 2.20. The third-order valence-corrected chi connectivity index (χ3v) is 4.22. The molecule has 2 amide bonds. The van der Waals surface area contributed by atoms with Crippen molar-refractivity contribution in [3.8, 4) is 0 Å². The normalized spacial score (nSPS) is 14.7. The second-order valence-corrected chi connectivity index (χ2v) is 6.08. The fraction of sp³-hybridized carbons (Fsp3) is 0.312. The van der Waals surface area contributed by atoms with E-state index in [0.717, 1.165) is 4.90 Å². The molecule has 0 unspecified atom stereocenters. The Bertz CT molecular complexity index is 645. The Kier molecular flexibility index (Phi) is 5.81. The van der Waals surface area contributed by atoms with Gasteiger partial charge in [0.05, 0.1) is 11.3 Å². The van der Waals surface area contributed by atoms with E-state index >= 15 is 0 Å². The van der Waals surface area contributed by atoms with Crippen molar-refractivity contribution >= 4 is 35.2 Å². The maximum absolute atomic E-state index is 12.1. The number of rotatable bonds is 5. The third kappa shape index (κ3) is 4.59. The number of nitrogens with one attached hydrogen (secondary N) is 2. The minimum Gasteiger partial charge on any atom is -0.449 e. The zero-order valence-corrected chi connectivity index (χ0v) is 13.6. The Labute approximate surface area is 138 Å². The number of amides is 2. The predicted molar refractivity (Wildman–Crippen MR) is 88.5 cm³/mol. The molecule has 0 bridgehead atoms. The summed E-state index contributed by atoms with van der Waals surface area (Å²) in [5.41, 5.74) is 0.880. The smallest absolute Gasteiger partial charge is 0.338 e. The summed E-state index contributed by atoms with van der Waals surface area (Å²) in [4.78, 5) is 36.3. The second-order valence-electron chi connectivity index (χ2n) is 4.94. The molecule has 0 fully saturated rings. The van der Waals surface area contributed by atoms with Gasteiger partial charge in [-0.15, -0.1) is 18.3 Å². The molecule has 7 heteroatoms. The first kappa shape index (κ1) is 17.1. The number of thioether (sulfide) groups is 1. The zero-order chi connectivity index (χ0) is 16.8. The van der Waals surface area contributed by atoms with Crippen molar-refractivity contribution in [2.75, 3.05) is 17.6 Å². The number of anilines is 1. The Morgan fingerprint density at radius 1 is 1.52 bits per heavy atom. The van der Waals surface area contributed by atoms with Gasteiger partial charge in [0, 0.05) is 23.6 Å². The summed E-state index contributed by atoms with van der Waals surface area (Å²) in [6, 6.07) is 4.97. The number of hydrogen-bond donors (Lipinski definition) is 2. The van der Waals surface area contributed by atoms with Gasteiger partial charge in [0.2, 0.25) is 5.91 Å². The highest BCUT2D eigenvalue weighted by Crippen LogP contribution is 2.31. The average Bonchev–Trinajstić information content (AvgIpc) is 2.71. The van der Waals surface area contributed by atoms with Crippen LogP contribution in [-0.2, 0) is 14.3 Å². The number of benzene rings is 1. The number of hydrogen-bond acceptors (Lipinski definition) is 5. The molecule has 0 radical (unpaired) electrons. The first-order valence-electron chi connectivity index (χ1n) is 7.17. The Balaban J connectivity index is 2.06. The van der Waals surface area contributed by atoms with E-state index < -0.39 is 18.0 Å². The van der Waals surface area contributed by atoms with E-state index in [1.54, 1.807) is 36.0 Å². The summed E-state index contributed by atoms with van der Waals surface area (Å²) < 4.78 is 5.14. The number of fused-ring (bicyclic) bond motifs is 1. The van der Waals surface area contributed by atoms with Crippen LogP contribution >= 0.6 is 11.8 Å². The van der Waals surface area contributed by atoms with E-state index in [-0.39, 0.29) is 11.5 Å². The van der Waals surface area contributed by atoms with Gasteiger partial charge in [-0.3, -0.25) is 9.59 Å². The molecule has 1 aliphatic heterocycles. The fourth-order valence-corrected chi connectivity index (χ4v) is 2.88. The van der Waals surface area contributed by atoms with E-state index in [0.29, 0.717) is 24.4 Å². The molecule has 0 spiro atoms. The van der Waals surface area contributed by atoms with Crippen molar-refractivity contribution in [1.29, 1.82) is 0 Å². The van der Waals surface area contributed by atoms with Crippen molar-refractivity contribution in [1.82, 2.24) is 5.32 Å². The number of ether oxygens (including phenoxy) is 1. The van der Waals surface area contributed by atoms with Crippen LogP contribution in [0.5, 0.6) is 0 Å². The average molecular weight is 334 g/mol. The Hall–Kier alpha value is -2.28. The van der Waals surface area contributed by atoms with Gasteiger partial charge in [0.25, 0.3) is 5.91 Å². The van der Waals surface area contributed by atoms with Gasteiger partial charge in [-0.25, -0.2) is 4.79 Å². The largest absolute Gasteiger partial charge is 0.449 e. The van der Waals surface area contributed by atoms with Crippen LogP contribution in [-0.4, -0.2) is 36.2 Å². The molecule has 1 heterocycles. The lowest BCUT2D eigenvalue weighted by Gasteiger charge is -2.14. The molecular weight excluding hydrogens is 316 g/mol. The minimum absolute atomic E-state index is 0.0843. The van der Waals surface area contributed by atoms with Gasteiger partial charge >= 0.3 is 5.97 Å². The van der Waals surface area contributed by atoms with Crippen molar-refractivity contribution in [2.24, 2.45) is 0 Å². The van der Waals surface area contributed by atoms with Crippen LogP contribution in [0.1, 0.15) is 23.7 Å². The van der Waals surface area contributed by atoms with Crippen molar-refractivity contribution in [3.63, 3.8) is 0 Å². The number of esters is 1. The molecular formula is C16H18N2O4S. The summed E-state index contributed by atoms with van der Waals surface area (Å²) in [5.74, 6) is -0.392. The van der Waals surface area contributed by atoms with Crippen LogP contribution in [0.25, 0.3) is 0 Å². The van der Waals surface area contributed by atoms with Crippen molar-refractivity contribution < 1.29 is 19.1 Å². The fourth-order valence-electron chi connectivity index (χ4n) is 1.95. The van der Waals surface area contributed by atoms with E-state index in [2.05, 4.69) is 17.2 Å². The Morgan fingerprint density at radius 2 is 2.30 bits per heavy atom. The molecule has 1 aromatic rings. The molecule has 2 rings (SSSR count). The van der Waals surface area contributed by atoms with Gasteiger partial charge in [0.15, 0.2) is 6.10 Å². The van der Waals surface area contributed by atoms with Crippen LogP contribution in [0.15, 0.2) is 35.7 Å². The van der Waals surface area contributed by atoms with Crippen LogP contribution in [0.4, 0.5) is 5.69 Å². The van der Waals surface area contributed by atoms with Crippen molar-refractivity contribution in [2.45, 2.75) is 24.3 Å². The quantitative estimate of drug-likeness (QED) is 0.635. The SMILES string of the molecule is C=CCNC(=O)[C@H](C)OC(=O)c1ccc2c(c1)NC(=O)CCS2. The van der Waals surface area contributed by atoms with Crippen LogP contribution in [0.2, 0.25) is 0 Å². The summed E-state index contributed by atoms with van der Waals surface area (Å²) >= 11 is 1.55. The van der Waals surface area contributed by atoms with E-state index in [1.807, 2.05) is 0 Å². The predicted octanol–water partition coefficient (Wildman–Crippen LogP) is 1.97. The zero-order valence-electron chi connectivity index (χ0n) is 12.8. The van der Waals surface area contributed by atoms with Gasteiger partial charge in [-0.2, -0.15) is 0 Å². The van der Waals surface area contributed by atoms with Gasteiger partial charge in [-0.1, -0.05) is 6.08 Å². The second kappa shape index (κ2) is 7.82. The molecule has 122 valence electrons. The summed E-state index contributed by atoms with van der Waals surface area (Å²) in [5, 5.41) is 5.32. The number of carbonyl (C=O) groups excluding carboxylic acids is 3. The summed E-state index contributed by atoms with van der Waals surface area (Å²) in [6.45, 7) is 5.30. The summed E-state index contributed by atoms with van der Waals surface area (Å²) in [6.07, 6.45) is 1.06. The highest BCUT2D eigenvalue weighted by molar-refractivity contribution is 7.99. The topological polar surface area (TPSA) is 84.5 Å². The van der Waals surface area contributed by atoms with Crippen LogP contribution < -0.4 is 10.6 Å². The van der Waals surface area contributed by atoms with E-state index in [4.69, 9.17) is 4.74 Å². The first-order chi connectivity index (χ1) is 11.0. The lowest BCUT2D eigenvalue weighted by Crippen LogP contribution is -2.35. The number of carbonyl (C=O) groups is 3. The molecule has 6 nitrogen and oxygen atoms in total. The summed E-state index contributed by atoms with van der Waals surface area (Å²) in [7, 11) is 0.